The molecule has 0 saturated carbocycles. The van der Waals surface area contributed by atoms with Gasteiger partial charge in [0.1, 0.15) is 0 Å². The Bertz CT molecular complexity index is 464. The molecule has 2 atom stereocenters. The third-order valence-corrected chi connectivity index (χ3v) is 6.69. The van der Waals surface area contributed by atoms with E-state index in [1.54, 1.807) is 0 Å². The van der Waals surface area contributed by atoms with Gasteiger partial charge in [-0.05, 0) is 18.7 Å². The molecule has 0 aromatic rings. The molecule has 2 unspecified atom stereocenters. The Kier molecular flexibility index (Phi) is 6.29. The second-order valence-electron chi connectivity index (χ2n) is 6.64. The lowest BCUT2D eigenvalue weighted by atomic mass is 9.81. The second-order valence-corrected chi connectivity index (χ2v) is 8.95. The van der Waals surface area contributed by atoms with Gasteiger partial charge < -0.3 is 11.1 Å². The second kappa shape index (κ2) is 7.79. The molecule has 2 aliphatic heterocycles. The highest BCUT2D eigenvalue weighted by Crippen LogP contribution is 2.31. The number of unbranched alkanes of at least 4 members (excludes halogenated alkanes) is 4. The van der Waals surface area contributed by atoms with Crippen LogP contribution < -0.4 is 11.1 Å². The third-order valence-electron chi connectivity index (χ3n) is 5.08. The van der Waals surface area contributed by atoms with E-state index in [4.69, 9.17) is 5.73 Å². The largest absolute Gasteiger partial charge is 0.389 e. The number of rotatable bonds is 7. The van der Waals surface area contributed by atoms with Crippen molar-refractivity contribution < 1.29 is 8.42 Å². The zero-order chi connectivity index (χ0) is 16.1. The van der Waals surface area contributed by atoms with E-state index in [2.05, 4.69) is 23.2 Å². The van der Waals surface area contributed by atoms with Gasteiger partial charge in [0.05, 0.1) is 17.0 Å². The first-order valence-electron chi connectivity index (χ1n) is 8.62. The summed E-state index contributed by atoms with van der Waals surface area (Å²) < 4.78 is 23.4. The first-order valence-corrected chi connectivity index (χ1v) is 10.4. The smallest absolute Gasteiger partial charge is 0.152 e. The van der Waals surface area contributed by atoms with Crippen molar-refractivity contribution in [3.05, 3.63) is 12.3 Å². The van der Waals surface area contributed by atoms with E-state index in [0.717, 1.165) is 19.4 Å². The summed E-state index contributed by atoms with van der Waals surface area (Å²) in [5, 5.41) is 3.20. The molecule has 128 valence electrons. The van der Waals surface area contributed by atoms with Crippen LogP contribution in [0, 0.1) is 0 Å². The highest BCUT2D eigenvalue weighted by Gasteiger charge is 2.42. The van der Waals surface area contributed by atoms with E-state index in [-0.39, 0.29) is 23.1 Å². The molecule has 3 N–H and O–H groups in total. The van der Waals surface area contributed by atoms with Gasteiger partial charge in [-0.3, -0.25) is 4.90 Å². The van der Waals surface area contributed by atoms with Crippen molar-refractivity contribution >= 4 is 9.84 Å². The molecule has 0 bridgehead atoms. The van der Waals surface area contributed by atoms with Crippen LogP contribution in [0.5, 0.6) is 0 Å². The summed E-state index contributed by atoms with van der Waals surface area (Å²) in [6, 6.07) is 0.0180. The van der Waals surface area contributed by atoms with Gasteiger partial charge in [-0.25, -0.2) is 8.42 Å². The molecule has 6 heteroatoms. The van der Waals surface area contributed by atoms with Crippen LogP contribution in [0.2, 0.25) is 0 Å². The number of nitrogens with zero attached hydrogens (tertiary/aromatic N) is 1. The zero-order valence-corrected chi connectivity index (χ0v) is 14.6. The summed E-state index contributed by atoms with van der Waals surface area (Å²) in [6.45, 7) is 4.19. The van der Waals surface area contributed by atoms with Crippen LogP contribution in [0.4, 0.5) is 0 Å². The zero-order valence-electron chi connectivity index (χ0n) is 13.8. The van der Waals surface area contributed by atoms with Crippen LogP contribution in [0.15, 0.2) is 12.3 Å². The van der Waals surface area contributed by atoms with Crippen LogP contribution in [0.3, 0.4) is 0 Å². The Balaban J connectivity index is 2.02. The van der Waals surface area contributed by atoms with Gasteiger partial charge in [0.25, 0.3) is 0 Å². The van der Waals surface area contributed by atoms with E-state index in [9.17, 15) is 8.42 Å². The maximum absolute atomic E-state index is 11.7. The van der Waals surface area contributed by atoms with E-state index in [0.29, 0.717) is 13.1 Å². The summed E-state index contributed by atoms with van der Waals surface area (Å²) >= 11 is 0. The van der Waals surface area contributed by atoms with E-state index >= 15 is 0 Å². The number of nitrogens with one attached hydrogen (secondary N) is 1. The summed E-state index contributed by atoms with van der Waals surface area (Å²) in [5.41, 5.74) is 6.28. The van der Waals surface area contributed by atoms with Gasteiger partial charge in [-0.1, -0.05) is 39.0 Å². The average molecular weight is 330 g/mol. The summed E-state index contributed by atoms with van der Waals surface area (Å²) in [7, 11) is -2.85. The van der Waals surface area contributed by atoms with Crippen molar-refractivity contribution in [1.82, 2.24) is 10.2 Å². The van der Waals surface area contributed by atoms with Crippen molar-refractivity contribution in [3.63, 3.8) is 0 Å². The Morgan fingerprint density at radius 1 is 1.23 bits per heavy atom. The van der Waals surface area contributed by atoms with E-state index in [1.165, 1.54) is 25.7 Å². The van der Waals surface area contributed by atoms with Crippen LogP contribution >= 0.6 is 0 Å². The molecule has 0 aromatic carbocycles. The van der Waals surface area contributed by atoms with Gasteiger partial charge >= 0.3 is 0 Å². The average Bonchev–Trinajstić information content (AvgIpc) is 2.49. The molecular weight excluding hydrogens is 298 g/mol. The normalized spacial score (nSPS) is 31.8. The molecule has 1 saturated heterocycles. The molecule has 0 aromatic heterocycles. The molecule has 0 amide bonds. The molecule has 2 rings (SSSR count). The molecule has 22 heavy (non-hydrogen) atoms. The van der Waals surface area contributed by atoms with E-state index in [1.807, 2.05) is 6.20 Å². The highest BCUT2D eigenvalue weighted by atomic mass is 32.2. The maximum Gasteiger partial charge on any atom is 0.152 e. The number of hydrogen-bond acceptors (Lipinski definition) is 5. The number of sulfone groups is 1. The van der Waals surface area contributed by atoms with Gasteiger partial charge in [0, 0.05) is 25.7 Å². The Labute approximate surface area is 135 Å². The molecular formula is C16H31N3O2S. The molecule has 0 aliphatic carbocycles. The fourth-order valence-electron chi connectivity index (χ4n) is 3.61. The number of nitrogens with two attached hydrogens (primary N) is 1. The molecule has 5 nitrogen and oxygen atoms in total. The van der Waals surface area contributed by atoms with Gasteiger partial charge in [-0.15, -0.1) is 0 Å². The fraction of sp³-hybridized carbons (Fsp3) is 0.875. The van der Waals surface area contributed by atoms with Crippen molar-refractivity contribution in [1.29, 1.82) is 0 Å². The van der Waals surface area contributed by atoms with Crippen LogP contribution in [0.1, 0.15) is 45.4 Å². The lowest BCUT2D eigenvalue weighted by molar-refractivity contribution is 0.0968. The van der Waals surface area contributed by atoms with Crippen molar-refractivity contribution in [2.24, 2.45) is 5.73 Å². The predicted molar refractivity (Wildman–Crippen MR) is 91.5 cm³/mol. The standard InChI is InChI=1S/C16H31N3O2S/c1-2-3-4-5-6-7-16(8-9-18-14-15(16)17)19-10-12-22(20,21)13-11-19/h8-9,15,18H,2-7,10-14,17H2,1H3. The topological polar surface area (TPSA) is 75.4 Å². The van der Waals surface area contributed by atoms with Crippen LogP contribution in [-0.4, -0.2) is 56.0 Å². The van der Waals surface area contributed by atoms with Gasteiger partial charge in [0.15, 0.2) is 9.84 Å². The van der Waals surface area contributed by atoms with Crippen molar-refractivity contribution in [2.75, 3.05) is 31.1 Å². The van der Waals surface area contributed by atoms with Crippen LogP contribution in [-0.2, 0) is 9.84 Å². The quantitative estimate of drug-likeness (QED) is 0.688. The highest BCUT2D eigenvalue weighted by molar-refractivity contribution is 7.91. The molecule has 0 radical (unpaired) electrons. The van der Waals surface area contributed by atoms with Crippen molar-refractivity contribution in [2.45, 2.75) is 57.0 Å². The van der Waals surface area contributed by atoms with Crippen molar-refractivity contribution in [3.8, 4) is 0 Å². The van der Waals surface area contributed by atoms with E-state index < -0.39 is 9.84 Å². The van der Waals surface area contributed by atoms with Crippen LogP contribution in [0.25, 0.3) is 0 Å². The minimum Gasteiger partial charge on any atom is -0.389 e. The van der Waals surface area contributed by atoms with Gasteiger partial charge in [0.2, 0.25) is 0 Å². The Morgan fingerprint density at radius 3 is 2.55 bits per heavy atom. The molecule has 0 spiro atoms. The lowest BCUT2D eigenvalue weighted by Gasteiger charge is -2.49. The fourth-order valence-corrected chi connectivity index (χ4v) is 4.81. The minimum absolute atomic E-state index is 0.0180. The molecule has 2 aliphatic rings. The SMILES string of the molecule is CCCCCCCC1(N2CCS(=O)(=O)CC2)C=CNCC1N. The summed E-state index contributed by atoms with van der Waals surface area (Å²) in [6.07, 6.45) is 11.4. The minimum atomic E-state index is -2.85. The molecule has 1 fully saturated rings. The maximum atomic E-state index is 11.7. The summed E-state index contributed by atoms with van der Waals surface area (Å²) in [4.78, 5) is 2.32. The Morgan fingerprint density at radius 2 is 1.91 bits per heavy atom. The Hall–Kier alpha value is -0.590. The lowest BCUT2D eigenvalue weighted by Crippen LogP contribution is -2.65. The summed E-state index contributed by atoms with van der Waals surface area (Å²) in [5.74, 6) is 0.525. The first-order chi connectivity index (χ1) is 10.5. The number of hydrogen-bond donors (Lipinski definition) is 2. The third kappa shape index (κ3) is 4.24. The monoisotopic (exact) mass is 329 g/mol. The predicted octanol–water partition coefficient (Wildman–Crippen LogP) is 1.26. The molecule has 2 heterocycles. The first kappa shape index (κ1) is 17.8. The van der Waals surface area contributed by atoms with Gasteiger partial charge in [-0.2, -0.15) is 0 Å².